The summed E-state index contributed by atoms with van der Waals surface area (Å²) in [6.07, 6.45) is 1.41. The average Bonchev–Trinajstić information content (AvgIpc) is 3.44. The molecule has 0 unspecified atom stereocenters. The van der Waals surface area contributed by atoms with Crippen LogP contribution in [0.15, 0.2) is 47.4 Å². The van der Waals surface area contributed by atoms with E-state index in [2.05, 4.69) is 25.3 Å². The van der Waals surface area contributed by atoms with Crippen LogP contribution in [-0.2, 0) is 5.41 Å². The van der Waals surface area contributed by atoms with Crippen LogP contribution in [0.3, 0.4) is 0 Å². The molecule has 1 N–H and O–H groups in total. The first-order valence-electron chi connectivity index (χ1n) is 10.5. The topological polar surface area (TPSA) is 84.2 Å². The van der Waals surface area contributed by atoms with E-state index < -0.39 is 17.5 Å². The molecule has 3 aromatic rings. The van der Waals surface area contributed by atoms with Gasteiger partial charge in [0.2, 0.25) is 0 Å². The summed E-state index contributed by atoms with van der Waals surface area (Å²) in [6, 6.07) is 6.49. The molecule has 0 bridgehead atoms. The zero-order valence-corrected chi connectivity index (χ0v) is 18.5. The molecule has 1 aromatic carbocycles. The smallest absolute Gasteiger partial charge is 0.358 e. The number of carbonyl (C=O) groups excluding carboxylic acids is 1. The lowest BCUT2D eigenvalue weighted by atomic mass is 9.89. The Morgan fingerprint density at radius 1 is 1.21 bits per heavy atom. The summed E-state index contributed by atoms with van der Waals surface area (Å²) in [6.45, 7) is 5.57. The van der Waals surface area contributed by atoms with E-state index >= 15 is 0 Å². The van der Waals surface area contributed by atoms with E-state index in [0.717, 1.165) is 56.4 Å². The lowest BCUT2D eigenvalue weighted by molar-refractivity contribution is -0.185. The summed E-state index contributed by atoms with van der Waals surface area (Å²) in [5, 5.41) is 6.13. The highest BCUT2D eigenvalue weighted by molar-refractivity contribution is 6.04. The third-order valence-corrected chi connectivity index (χ3v) is 6.12. The Kier molecular flexibility index (Phi) is 5.85. The third kappa shape index (κ3) is 4.55. The van der Waals surface area contributed by atoms with E-state index in [4.69, 9.17) is 4.52 Å². The van der Waals surface area contributed by atoms with Crippen LogP contribution in [0.5, 0.6) is 0 Å². The number of hydrogen-bond donors (Lipinski definition) is 1. The Hall–Kier alpha value is -3.43. The van der Waals surface area contributed by atoms with Crippen LogP contribution < -0.4 is 10.2 Å². The van der Waals surface area contributed by atoms with Gasteiger partial charge in [0.05, 0.1) is 6.20 Å². The van der Waals surface area contributed by atoms with Crippen molar-refractivity contribution in [2.24, 2.45) is 0 Å². The van der Waals surface area contributed by atoms with E-state index in [1.807, 2.05) is 19.1 Å². The number of aryl methyl sites for hydroxylation is 1. The van der Waals surface area contributed by atoms with E-state index in [1.165, 1.54) is 0 Å². The fourth-order valence-corrected chi connectivity index (χ4v) is 3.86. The van der Waals surface area contributed by atoms with Gasteiger partial charge >= 0.3 is 6.18 Å². The van der Waals surface area contributed by atoms with Gasteiger partial charge in [0.25, 0.3) is 5.91 Å². The minimum atomic E-state index is -4.51. The van der Waals surface area contributed by atoms with Crippen molar-refractivity contribution in [2.75, 3.05) is 23.3 Å². The highest BCUT2D eigenvalue weighted by Crippen LogP contribution is 2.41. The summed E-state index contributed by atoms with van der Waals surface area (Å²) in [5.41, 5.74) is 0.284. The number of aromatic nitrogens is 3. The van der Waals surface area contributed by atoms with Crippen LogP contribution >= 0.6 is 0 Å². The maximum atomic E-state index is 13.2. The molecular formula is C23H24F3N5O2. The van der Waals surface area contributed by atoms with Crippen molar-refractivity contribution in [3.8, 4) is 0 Å². The summed E-state index contributed by atoms with van der Waals surface area (Å²) < 4.78 is 44.6. The first-order chi connectivity index (χ1) is 15.6. The summed E-state index contributed by atoms with van der Waals surface area (Å²) in [5.74, 6) is 0.125. The second kappa shape index (κ2) is 8.49. The highest BCUT2D eigenvalue weighted by atomic mass is 19.4. The SMILES string of the molecule is Cc1ccc(C(=O)Nc2cc(C(C)(C)C(F)(F)F)on2)cc1[C@@H]1CCN(c2cnccn2)C1. The Morgan fingerprint density at radius 2 is 2.00 bits per heavy atom. The van der Waals surface area contributed by atoms with Crippen molar-refractivity contribution in [1.29, 1.82) is 0 Å². The van der Waals surface area contributed by atoms with E-state index in [1.54, 1.807) is 24.7 Å². The van der Waals surface area contributed by atoms with Crippen LogP contribution in [0.1, 0.15) is 53.4 Å². The molecule has 174 valence electrons. The quantitative estimate of drug-likeness (QED) is 0.587. The van der Waals surface area contributed by atoms with E-state index in [0.29, 0.717) is 5.56 Å². The maximum Gasteiger partial charge on any atom is 0.401 e. The van der Waals surface area contributed by atoms with Crippen molar-refractivity contribution in [3.63, 3.8) is 0 Å². The van der Waals surface area contributed by atoms with Crippen molar-refractivity contribution < 1.29 is 22.5 Å². The predicted molar refractivity (Wildman–Crippen MR) is 116 cm³/mol. The van der Waals surface area contributed by atoms with Gasteiger partial charge in [0.15, 0.2) is 11.6 Å². The minimum Gasteiger partial charge on any atom is -0.358 e. The average molecular weight is 459 g/mol. The lowest BCUT2D eigenvalue weighted by Crippen LogP contribution is -2.35. The Morgan fingerprint density at radius 3 is 2.70 bits per heavy atom. The van der Waals surface area contributed by atoms with Gasteiger partial charge in [-0.3, -0.25) is 9.78 Å². The fourth-order valence-electron chi connectivity index (χ4n) is 3.86. The number of amides is 1. The van der Waals surface area contributed by atoms with Crippen molar-refractivity contribution >= 4 is 17.5 Å². The van der Waals surface area contributed by atoms with Gasteiger partial charge in [-0.05, 0) is 50.5 Å². The van der Waals surface area contributed by atoms with Gasteiger partial charge < -0.3 is 14.7 Å². The van der Waals surface area contributed by atoms with Crippen LogP contribution in [0.2, 0.25) is 0 Å². The molecule has 2 aromatic heterocycles. The molecule has 1 aliphatic heterocycles. The monoisotopic (exact) mass is 459 g/mol. The molecule has 0 aliphatic carbocycles. The van der Waals surface area contributed by atoms with Gasteiger partial charge in [-0.25, -0.2) is 4.98 Å². The standard InChI is InChI=1S/C23H24F3N5O2/c1-14-4-5-15(10-17(14)16-6-9-31(13-16)20-12-27-7-8-28-20)21(32)29-19-11-18(33-30-19)22(2,3)23(24,25)26/h4-5,7-8,10-12,16H,6,9,13H2,1-3H3,(H,29,30,32)/t16-/m1/s1. The molecule has 33 heavy (non-hydrogen) atoms. The van der Waals surface area contributed by atoms with Crippen LogP contribution in [-0.4, -0.2) is 40.3 Å². The second-order valence-electron chi connectivity index (χ2n) is 8.72. The Labute approximate surface area is 189 Å². The molecule has 1 atom stereocenters. The van der Waals surface area contributed by atoms with Gasteiger partial charge in [-0.1, -0.05) is 11.2 Å². The molecule has 4 rings (SSSR count). The Bertz CT molecular complexity index is 1140. The number of nitrogens with zero attached hydrogens (tertiary/aromatic N) is 4. The molecule has 1 fully saturated rings. The van der Waals surface area contributed by atoms with E-state index in [9.17, 15) is 18.0 Å². The molecule has 0 spiro atoms. The first kappa shape index (κ1) is 22.8. The molecule has 0 saturated carbocycles. The van der Waals surface area contributed by atoms with Crippen molar-refractivity contribution in [3.05, 3.63) is 65.3 Å². The van der Waals surface area contributed by atoms with Crippen molar-refractivity contribution in [1.82, 2.24) is 15.1 Å². The number of anilines is 2. The molecular weight excluding hydrogens is 435 g/mol. The van der Waals surface area contributed by atoms with E-state index in [-0.39, 0.29) is 17.5 Å². The summed E-state index contributed by atoms with van der Waals surface area (Å²) in [7, 11) is 0. The number of benzene rings is 1. The van der Waals surface area contributed by atoms with Gasteiger partial charge in [-0.15, -0.1) is 0 Å². The largest absolute Gasteiger partial charge is 0.401 e. The van der Waals surface area contributed by atoms with Crippen LogP contribution in [0.25, 0.3) is 0 Å². The normalized spacial score (nSPS) is 16.8. The molecule has 1 aliphatic rings. The highest BCUT2D eigenvalue weighted by Gasteiger charge is 2.51. The maximum absolute atomic E-state index is 13.2. The summed E-state index contributed by atoms with van der Waals surface area (Å²) >= 11 is 0. The van der Waals surface area contributed by atoms with Gasteiger partial charge in [0.1, 0.15) is 11.2 Å². The van der Waals surface area contributed by atoms with Crippen LogP contribution in [0, 0.1) is 6.92 Å². The first-order valence-corrected chi connectivity index (χ1v) is 10.5. The number of carbonyl (C=O) groups is 1. The molecule has 7 nitrogen and oxygen atoms in total. The fraction of sp³-hybridized carbons (Fsp3) is 0.391. The zero-order valence-electron chi connectivity index (χ0n) is 18.5. The number of alkyl halides is 3. The second-order valence-corrected chi connectivity index (χ2v) is 8.72. The number of rotatable bonds is 5. The molecule has 10 heteroatoms. The minimum absolute atomic E-state index is 0.0656. The Balaban J connectivity index is 1.49. The number of hydrogen-bond acceptors (Lipinski definition) is 6. The van der Waals surface area contributed by atoms with Gasteiger partial charge in [0, 0.05) is 43.0 Å². The third-order valence-electron chi connectivity index (χ3n) is 6.12. The molecule has 3 heterocycles. The molecule has 1 saturated heterocycles. The van der Waals surface area contributed by atoms with Crippen molar-refractivity contribution in [2.45, 2.75) is 44.7 Å². The van der Waals surface area contributed by atoms with Crippen LogP contribution in [0.4, 0.5) is 24.8 Å². The lowest BCUT2D eigenvalue weighted by Gasteiger charge is -2.24. The molecule has 1 amide bonds. The summed E-state index contributed by atoms with van der Waals surface area (Å²) in [4.78, 5) is 23.4. The number of halogens is 3. The number of nitrogens with one attached hydrogen (secondary N) is 1. The zero-order chi connectivity index (χ0) is 23.8. The van der Waals surface area contributed by atoms with Gasteiger partial charge in [-0.2, -0.15) is 13.2 Å². The molecule has 0 radical (unpaired) electrons. The predicted octanol–water partition coefficient (Wildman–Crippen LogP) is 4.86.